The van der Waals surface area contributed by atoms with Gasteiger partial charge in [-0.1, -0.05) is 36.4 Å². The summed E-state index contributed by atoms with van der Waals surface area (Å²) in [6, 6.07) is 15.4. The van der Waals surface area contributed by atoms with Crippen molar-refractivity contribution >= 4 is 10.8 Å². The molecule has 3 heteroatoms. The molecule has 0 radical (unpaired) electrons. The molecule has 3 nitrogen and oxygen atoms in total. The van der Waals surface area contributed by atoms with Crippen LogP contribution in [0.2, 0.25) is 0 Å². The SMILES string of the molecule is c1ccc2c(-n3cncc3[C@@H]3CCCN3)cccc2c1. The van der Waals surface area contributed by atoms with Crippen LogP contribution in [0.5, 0.6) is 0 Å². The van der Waals surface area contributed by atoms with E-state index in [1.54, 1.807) is 0 Å². The van der Waals surface area contributed by atoms with E-state index in [1.807, 2.05) is 12.5 Å². The molecule has 0 bridgehead atoms. The molecule has 0 unspecified atom stereocenters. The van der Waals surface area contributed by atoms with E-state index >= 15 is 0 Å². The van der Waals surface area contributed by atoms with Gasteiger partial charge in [-0.15, -0.1) is 0 Å². The third-order valence-electron chi connectivity index (χ3n) is 4.11. The molecule has 1 saturated heterocycles. The van der Waals surface area contributed by atoms with Gasteiger partial charge in [0.2, 0.25) is 0 Å². The maximum atomic E-state index is 4.37. The first-order valence-electron chi connectivity index (χ1n) is 7.17. The number of imidazole rings is 1. The summed E-state index contributed by atoms with van der Waals surface area (Å²) in [5.74, 6) is 0. The number of nitrogens with one attached hydrogen (secondary N) is 1. The topological polar surface area (TPSA) is 29.9 Å². The number of fused-ring (bicyclic) bond motifs is 1. The van der Waals surface area contributed by atoms with Gasteiger partial charge in [0.25, 0.3) is 0 Å². The third kappa shape index (κ3) is 1.82. The quantitative estimate of drug-likeness (QED) is 0.767. The molecule has 4 rings (SSSR count). The van der Waals surface area contributed by atoms with Crippen LogP contribution < -0.4 is 5.32 Å². The molecule has 0 saturated carbocycles. The molecule has 1 atom stereocenters. The molecular weight excluding hydrogens is 246 g/mol. The average molecular weight is 263 g/mol. The number of rotatable bonds is 2. The second-order valence-electron chi connectivity index (χ2n) is 5.34. The summed E-state index contributed by atoms with van der Waals surface area (Å²) in [6.45, 7) is 1.10. The Morgan fingerprint density at radius 2 is 2.00 bits per heavy atom. The molecule has 100 valence electrons. The number of hydrogen-bond acceptors (Lipinski definition) is 2. The molecule has 0 amide bonds. The molecule has 3 aromatic rings. The Morgan fingerprint density at radius 3 is 2.90 bits per heavy atom. The van der Waals surface area contributed by atoms with Gasteiger partial charge in [0.1, 0.15) is 0 Å². The van der Waals surface area contributed by atoms with E-state index in [9.17, 15) is 0 Å². The van der Waals surface area contributed by atoms with Gasteiger partial charge >= 0.3 is 0 Å². The van der Waals surface area contributed by atoms with Crippen LogP contribution in [-0.2, 0) is 0 Å². The summed E-state index contributed by atoms with van der Waals surface area (Å²) in [5.41, 5.74) is 2.48. The van der Waals surface area contributed by atoms with E-state index < -0.39 is 0 Å². The zero-order valence-electron chi connectivity index (χ0n) is 11.3. The summed E-state index contributed by atoms with van der Waals surface area (Å²) in [6.07, 6.45) is 6.35. The Balaban J connectivity index is 1.89. The van der Waals surface area contributed by atoms with Crippen molar-refractivity contribution in [3.63, 3.8) is 0 Å². The highest BCUT2D eigenvalue weighted by atomic mass is 15.1. The van der Waals surface area contributed by atoms with Gasteiger partial charge < -0.3 is 9.88 Å². The molecule has 2 aromatic carbocycles. The van der Waals surface area contributed by atoms with Gasteiger partial charge in [-0.25, -0.2) is 4.98 Å². The largest absolute Gasteiger partial charge is 0.309 e. The van der Waals surface area contributed by atoms with Crippen LogP contribution >= 0.6 is 0 Å². The Bertz CT molecular complexity index is 733. The Labute approximate surface area is 118 Å². The van der Waals surface area contributed by atoms with Gasteiger partial charge in [-0.05, 0) is 30.8 Å². The number of hydrogen-bond donors (Lipinski definition) is 1. The van der Waals surface area contributed by atoms with Crippen molar-refractivity contribution < 1.29 is 0 Å². The minimum absolute atomic E-state index is 0.427. The lowest BCUT2D eigenvalue weighted by Crippen LogP contribution is -2.16. The summed E-state index contributed by atoms with van der Waals surface area (Å²) in [5, 5.41) is 6.09. The molecule has 1 aliphatic rings. The molecule has 1 fully saturated rings. The maximum absolute atomic E-state index is 4.37. The highest BCUT2D eigenvalue weighted by molar-refractivity contribution is 5.90. The molecular formula is C17H17N3. The molecule has 0 aliphatic carbocycles. The van der Waals surface area contributed by atoms with E-state index in [-0.39, 0.29) is 0 Å². The van der Waals surface area contributed by atoms with Gasteiger partial charge in [0.05, 0.1) is 23.9 Å². The van der Waals surface area contributed by atoms with Gasteiger partial charge in [-0.2, -0.15) is 0 Å². The Kier molecular flexibility index (Phi) is 2.78. The molecule has 20 heavy (non-hydrogen) atoms. The van der Waals surface area contributed by atoms with Crippen molar-refractivity contribution in [2.24, 2.45) is 0 Å². The van der Waals surface area contributed by atoms with Gasteiger partial charge in [0, 0.05) is 11.4 Å². The molecule has 1 aromatic heterocycles. The normalized spacial score (nSPS) is 18.7. The predicted octanol–water partition coefficient (Wildman–Crippen LogP) is 3.45. The van der Waals surface area contributed by atoms with Crippen LogP contribution in [0.15, 0.2) is 55.0 Å². The Hall–Kier alpha value is -2.13. The summed E-state index contributed by atoms with van der Waals surface area (Å²) in [7, 11) is 0. The van der Waals surface area contributed by atoms with Crippen molar-refractivity contribution in [3.05, 3.63) is 60.7 Å². The highest BCUT2D eigenvalue weighted by Gasteiger charge is 2.20. The molecule has 0 spiro atoms. The van der Waals surface area contributed by atoms with Crippen LogP contribution in [0.3, 0.4) is 0 Å². The minimum atomic E-state index is 0.427. The van der Waals surface area contributed by atoms with E-state index in [2.05, 4.69) is 57.3 Å². The van der Waals surface area contributed by atoms with Crippen LogP contribution in [0.25, 0.3) is 16.5 Å². The van der Waals surface area contributed by atoms with Crippen LogP contribution in [0, 0.1) is 0 Å². The van der Waals surface area contributed by atoms with Crippen LogP contribution in [0.1, 0.15) is 24.6 Å². The molecule has 2 heterocycles. The van der Waals surface area contributed by atoms with E-state index in [0.717, 1.165) is 6.54 Å². The summed E-state index contributed by atoms with van der Waals surface area (Å²) in [4.78, 5) is 4.37. The highest BCUT2D eigenvalue weighted by Crippen LogP contribution is 2.28. The fraction of sp³-hybridized carbons (Fsp3) is 0.235. The lowest BCUT2D eigenvalue weighted by molar-refractivity contribution is 0.616. The van der Waals surface area contributed by atoms with Crippen molar-refractivity contribution in [3.8, 4) is 5.69 Å². The lowest BCUT2D eigenvalue weighted by Gasteiger charge is -2.15. The van der Waals surface area contributed by atoms with Crippen molar-refractivity contribution in [2.45, 2.75) is 18.9 Å². The van der Waals surface area contributed by atoms with E-state index in [0.29, 0.717) is 6.04 Å². The van der Waals surface area contributed by atoms with Crippen LogP contribution in [-0.4, -0.2) is 16.1 Å². The first-order chi connectivity index (χ1) is 9.93. The van der Waals surface area contributed by atoms with Gasteiger partial charge in [0.15, 0.2) is 0 Å². The van der Waals surface area contributed by atoms with Crippen molar-refractivity contribution in [1.82, 2.24) is 14.9 Å². The fourth-order valence-electron chi connectivity index (χ4n) is 3.12. The van der Waals surface area contributed by atoms with Crippen LogP contribution in [0.4, 0.5) is 0 Å². The first-order valence-corrected chi connectivity index (χ1v) is 7.17. The van der Waals surface area contributed by atoms with Crippen molar-refractivity contribution in [1.29, 1.82) is 0 Å². The lowest BCUT2D eigenvalue weighted by atomic mass is 10.1. The number of nitrogens with zero attached hydrogens (tertiary/aromatic N) is 2. The third-order valence-corrected chi connectivity index (χ3v) is 4.11. The minimum Gasteiger partial charge on any atom is -0.309 e. The predicted molar refractivity (Wildman–Crippen MR) is 81.0 cm³/mol. The summed E-state index contributed by atoms with van der Waals surface area (Å²) >= 11 is 0. The zero-order chi connectivity index (χ0) is 13.4. The van der Waals surface area contributed by atoms with Gasteiger partial charge in [-0.3, -0.25) is 0 Å². The standard InChI is InChI=1S/C17H17N3/c1-2-7-14-13(5-1)6-3-9-16(14)20-12-18-11-17(20)15-8-4-10-19-15/h1-3,5-7,9,11-12,15,19H,4,8,10H2/t15-/m0/s1. The second-order valence-corrected chi connectivity index (χ2v) is 5.34. The average Bonchev–Trinajstić information content (AvgIpc) is 3.17. The van der Waals surface area contributed by atoms with E-state index in [4.69, 9.17) is 0 Å². The number of aromatic nitrogens is 2. The second kappa shape index (κ2) is 4.76. The first kappa shape index (κ1) is 11.7. The smallest absolute Gasteiger partial charge is 0.0994 e. The monoisotopic (exact) mass is 263 g/mol. The molecule has 1 aliphatic heterocycles. The summed E-state index contributed by atoms with van der Waals surface area (Å²) < 4.78 is 2.23. The van der Waals surface area contributed by atoms with Crippen molar-refractivity contribution in [2.75, 3.05) is 6.54 Å². The fourth-order valence-corrected chi connectivity index (χ4v) is 3.12. The zero-order valence-corrected chi connectivity index (χ0v) is 11.3. The number of benzene rings is 2. The maximum Gasteiger partial charge on any atom is 0.0994 e. The Morgan fingerprint density at radius 1 is 1.10 bits per heavy atom. The van der Waals surface area contributed by atoms with E-state index in [1.165, 1.54) is 35.0 Å². The molecule has 1 N–H and O–H groups in total.